The number of amides is 1. The number of carbonyl (C=O) groups excluding carboxylic acids is 2. The Bertz CT molecular complexity index is 1500. The van der Waals surface area contributed by atoms with Crippen LogP contribution in [0.2, 0.25) is 0 Å². The van der Waals surface area contributed by atoms with Crippen molar-refractivity contribution in [3.63, 3.8) is 0 Å². The summed E-state index contributed by atoms with van der Waals surface area (Å²) in [7, 11) is -0.673. The zero-order valence-electron chi connectivity index (χ0n) is 27.3. The van der Waals surface area contributed by atoms with E-state index in [-0.39, 0.29) is 35.4 Å². The fraction of sp³-hybridized carbons (Fsp3) is 0.562. The molecule has 4 atom stereocenters. The number of Topliss-reactive ketones (excluding diaryl/α,β-unsaturated/α-hetero) is 1. The van der Waals surface area contributed by atoms with E-state index < -0.39 is 81.3 Å². The van der Waals surface area contributed by atoms with Crippen molar-refractivity contribution in [2.45, 2.75) is 83.8 Å². The van der Waals surface area contributed by atoms with Crippen molar-refractivity contribution in [3.05, 3.63) is 69.0 Å². The average molecular weight is 689 g/mol. The van der Waals surface area contributed by atoms with E-state index in [2.05, 4.69) is 4.74 Å². The topological polar surface area (TPSA) is 125 Å². The number of rotatable bonds is 10. The largest absolute Gasteiger partial charge is 0.471 e. The molecule has 1 fully saturated rings. The van der Waals surface area contributed by atoms with Crippen LogP contribution < -0.4 is 4.74 Å². The lowest BCUT2D eigenvalue weighted by molar-refractivity contribution is -0.389. The summed E-state index contributed by atoms with van der Waals surface area (Å²) in [6, 6.07) is 7.83. The van der Waals surface area contributed by atoms with E-state index in [1.807, 2.05) is 39.0 Å². The van der Waals surface area contributed by atoms with Crippen molar-refractivity contribution in [2.24, 2.45) is 5.92 Å². The van der Waals surface area contributed by atoms with Gasteiger partial charge in [-0.05, 0) is 61.4 Å². The molecule has 1 aliphatic heterocycles. The van der Waals surface area contributed by atoms with Crippen molar-refractivity contribution in [3.8, 4) is 5.75 Å². The first-order valence-electron chi connectivity index (χ1n) is 14.8. The van der Waals surface area contributed by atoms with Crippen LogP contribution in [0.3, 0.4) is 0 Å². The molecule has 10 nitrogen and oxygen atoms in total. The Balaban J connectivity index is 2.00. The third-order valence-corrected chi connectivity index (χ3v) is 8.78. The van der Waals surface area contributed by atoms with Gasteiger partial charge in [-0.1, -0.05) is 45.0 Å². The number of nitro groups is 1. The molecule has 2 aromatic carbocycles. The van der Waals surface area contributed by atoms with Crippen molar-refractivity contribution < 1.29 is 50.5 Å². The van der Waals surface area contributed by atoms with Crippen LogP contribution in [0.15, 0.2) is 36.4 Å². The van der Waals surface area contributed by atoms with Gasteiger partial charge in [0.2, 0.25) is 17.7 Å². The molecule has 260 valence electrons. The first kappa shape index (κ1) is 37.9. The van der Waals surface area contributed by atoms with Gasteiger partial charge in [0.1, 0.15) is 11.6 Å². The molecule has 1 heterocycles. The lowest BCUT2D eigenvalue weighted by atomic mass is 9.86. The summed E-state index contributed by atoms with van der Waals surface area (Å²) in [6.07, 6.45) is -8.80. The summed E-state index contributed by atoms with van der Waals surface area (Å²) < 4.78 is 83.7. The number of alkyl halides is 3. The van der Waals surface area contributed by atoms with Crippen LogP contribution in [0.5, 0.6) is 5.75 Å². The van der Waals surface area contributed by atoms with Gasteiger partial charge < -0.3 is 14.2 Å². The Morgan fingerprint density at radius 2 is 1.74 bits per heavy atom. The second-order valence-electron chi connectivity index (χ2n) is 13.4. The van der Waals surface area contributed by atoms with Crippen LogP contribution >= 0.6 is 0 Å². The van der Waals surface area contributed by atoms with Crippen LogP contribution in [-0.4, -0.2) is 75.1 Å². The summed E-state index contributed by atoms with van der Waals surface area (Å²) in [5.41, 5.74) is -0.886. The minimum absolute atomic E-state index is 0.0539. The van der Waals surface area contributed by atoms with Gasteiger partial charge in [-0.25, -0.2) is 4.79 Å². The Labute approximate surface area is 273 Å². The fourth-order valence-electron chi connectivity index (χ4n) is 5.06. The van der Waals surface area contributed by atoms with Gasteiger partial charge in [-0.3, -0.25) is 24.0 Å². The molecule has 0 aliphatic carbocycles. The minimum Gasteiger partial charge on any atom is -0.471 e. The summed E-state index contributed by atoms with van der Waals surface area (Å²) in [5.74, 6) is -4.44. The molecule has 15 heteroatoms. The highest BCUT2D eigenvalue weighted by Crippen LogP contribution is 2.36. The zero-order valence-corrected chi connectivity index (χ0v) is 28.1. The molecular formula is C32H40F4N2O8S. The number of methoxy groups -OCH3 is 1. The molecule has 0 aromatic heterocycles. The number of ketones is 1. The van der Waals surface area contributed by atoms with E-state index in [0.717, 1.165) is 24.8 Å². The molecule has 2 aromatic rings. The van der Waals surface area contributed by atoms with Crippen molar-refractivity contribution in [1.82, 2.24) is 4.90 Å². The van der Waals surface area contributed by atoms with Crippen LogP contribution in [0.1, 0.15) is 58.2 Å². The molecule has 0 N–H and O–H groups in total. The standard InChI is InChI=1S/C32H40F4N2O8S/c1-30(2,3)22-10-8-9-19(12-22)15-37(29(40)46-31(4,5)6)24-18-47(43)17-21(28(24)39)11-20-13-23(33)27(38(41)42)25(14-20)45-26(16-44-7)32(34,35)36/h8-10,12-14,21,24,26H,11,15-18H2,1-7H3/t21-,24+,26-,47-/m1/s1. The predicted molar refractivity (Wildman–Crippen MR) is 166 cm³/mol. The van der Waals surface area contributed by atoms with Crippen LogP contribution in [0, 0.1) is 21.8 Å². The van der Waals surface area contributed by atoms with Gasteiger partial charge in [-0.2, -0.15) is 17.6 Å². The lowest BCUT2D eigenvalue weighted by Crippen LogP contribution is -2.54. The Hall–Kier alpha value is -3.59. The SMILES string of the molecule is COC[C@@H](Oc1cc(C[C@@H]2C[S@@](=O)C[C@H](N(Cc3cccc(C(C)(C)C)c3)C(=O)OC(C)(C)C)C2=O)cc(F)c1[N+](=O)[O-])C(F)(F)F. The summed E-state index contributed by atoms with van der Waals surface area (Å²) >= 11 is 0. The molecule has 47 heavy (non-hydrogen) atoms. The molecule has 0 spiro atoms. The van der Waals surface area contributed by atoms with Crippen LogP contribution in [-0.2, 0) is 43.4 Å². The molecule has 1 amide bonds. The smallest absolute Gasteiger partial charge is 0.427 e. The van der Waals surface area contributed by atoms with Crippen molar-refractivity contribution in [2.75, 3.05) is 25.2 Å². The number of hydrogen-bond acceptors (Lipinski definition) is 8. The van der Waals surface area contributed by atoms with Crippen LogP contribution in [0.25, 0.3) is 0 Å². The van der Waals surface area contributed by atoms with Crippen molar-refractivity contribution in [1.29, 1.82) is 0 Å². The average Bonchev–Trinajstić information content (AvgIpc) is 2.91. The molecule has 0 radical (unpaired) electrons. The highest BCUT2D eigenvalue weighted by atomic mass is 32.2. The first-order valence-corrected chi connectivity index (χ1v) is 16.3. The van der Waals surface area contributed by atoms with E-state index in [1.54, 1.807) is 26.8 Å². The number of halogens is 4. The van der Waals surface area contributed by atoms with Gasteiger partial charge in [0, 0.05) is 36.1 Å². The quantitative estimate of drug-likeness (QED) is 0.162. The number of nitro benzene ring substituents is 1. The van der Waals surface area contributed by atoms with Gasteiger partial charge in [-0.15, -0.1) is 0 Å². The third-order valence-electron chi connectivity index (χ3n) is 7.32. The first-order chi connectivity index (χ1) is 21.6. The Kier molecular flexibility index (Phi) is 11.8. The summed E-state index contributed by atoms with van der Waals surface area (Å²) in [4.78, 5) is 39.0. The van der Waals surface area contributed by atoms with Crippen molar-refractivity contribution >= 4 is 28.4 Å². The van der Waals surface area contributed by atoms with Gasteiger partial charge >= 0.3 is 18.0 Å². The van der Waals surface area contributed by atoms with E-state index in [9.17, 15) is 37.1 Å². The lowest BCUT2D eigenvalue weighted by Gasteiger charge is -2.37. The number of ether oxygens (including phenoxy) is 3. The fourth-order valence-corrected chi connectivity index (χ4v) is 6.62. The van der Waals surface area contributed by atoms with E-state index in [4.69, 9.17) is 9.47 Å². The minimum atomic E-state index is -5.00. The maximum atomic E-state index is 15.0. The number of hydrogen-bond donors (Lipinski definition) is 0. The number of nitrogens with zero attached hydrogens (tertiary/aromatic N) is 2. The van der Waals surface area contributed by atoms with Gasteiger partial charge in [0.05, 0.1) is 17.3 Å². The monoisotopic (exact) mass is 688 g/mol. The van der Waals surface area contributed by atoms with Gasteiger partial charge in [0.25, 0.3) is 0 Å². The molecule has 1 saturated heterocycles. The molecule has 0 unspecified atom stereocenters. The molecule has 0 saturated carbocycles. The highest BCUT2D eigenvalue weighted by molar-refractivity contribution is 7.85. The Morgan fingerprint density at radius 1 is 1.09 bits per heavy atom. The highest BCUT2D eigenvalue weighted by Gasteiger charge is 2.44. The molecule has 3 rings (SSSR count). The normalized spacial score (nSPS) is 19.6. The molecule has 1 aliphatic rings. The third kappa shape index (κ3) is 10.2. The Morgan fingerprint density at radius 3 is 2.30 bits per heavy atom. The summed E-state index contributed by atoms with van der Waals surface area (Å²) in [6.45, 7) is 9.97. The maximum Gasteiger partial charge on any atom is 0.427 e. The molecular weight excluding hydrogens is 648 g/mol. The number of carbonyl (C=O) groups is 2. The maximum absolute atomic E-state index is 15.0. The second-order valence-corrected chi connectivity index (χ2v) is 15.0. The predicted octanol–water partition coefficient (Wildman–Crippen LogP) is 6.28. The number of benzene rings is 2. The second kappa shape index (κ2) is 14.7. The summed E-state index contributed by atoms with van der Waals surface area (Å²) in [5, 5.41) is 11.6. The molecule has 0 bridgehead atoms. The zero-order chi connectivity index (χ0) is 35.5. The van der Waals surface area contributed by atoms with E-state index >= 15 is 4.39 Å². The van der Waals surface area contributed by atoms with Crippen LogP contribution in [0.4, 0.5) is 28.0 Å². The van der Waals surface area contributed by atoms with E-state index in [0.29, 0.717) is 5.56 Å². The van der Waals surface area contributed by atoms with Gasteiger partial charge in [0.15, 0.2) is 5.78 Å². The van der Waals surface area contributed by atoms with E-state index in [1.165, 1.54) is 4.90 Å².